The Morgan fingerprint density at radius 1 is 1.28 bits per heavy atom. The third kappa shape index (κ3) is 6.38. The van der Waals surface area contributed by atoms with Gasteiger partial charge in [-0.1, -0.05) is 23.2 Å². The summed E-state index contributed by atoms with van der Waals surface area (Å²) in [6.07, 6.45) is 0. The quantitative estimate of drug-likeness (QED) is 0.692. The van der Waals surface area contributed by atoms with E-state index in [9.17, 15) is 9.59 Å². The summed E-state index contributed by atoms with van der Waals surface area (Å²) in [5.74, 6) is -0.572. The molecule has 1 aromatic heterocycles. The number of aryl methyl sites for hydroxylation is 1. The first-order valence-electron chi connectivity index (χ1n) is 9.19. The molecular weight excluding hydrogens is 435 g/mol. The van der Waals surface area contributed by atoms with Gasteiger partial charge in [0.05, 0.1) is 29.0 Å². The van der Waals surface area contributed by atoms with Crippen LogP contribution in [0.3, 0.4) is 0 Å². The number of nitrogens with one attached hydrogen (secondary N) is 1. The molecule has 0 bridgehead atoms. The van der Waals surface area contributed by atoms with E-state index in [0.717, 1.165) is 18.8 Å². The van der Waals surface area contributed by atoms with E-state index in [1.165, 1.54) is 22.3 Å². The monoisotopic (exact) mass is 456 g/mol. The summed E-state index contributed by atoms with van der Waals surface area (Å²) in [6, 6.07) is 4.71. The molecule has 1 fully saturated rings. The summed E-state index contributed by atoms with van der Waals surface area (Å²) < 4.78 is 5.36. The Bertz CT molecular complexity index is 871. The van der Waals surface area contributed by atoms with Crippen molar-refractivity contribution in [2.24, 2.45) is 0 Å². The zero-order valence-corrected chi connectivity index (χ0v) is 18.3. The van der Waals surface area contributed by atoms with Crippen LogP contribution in [0.25, 0.3) is 0 Å². The Kier molecular flexibility index (Phi) is 7.85. The Morgan fingerprint density at radius 2 is 2.03 bits per heavy atom. The van der Waals surface area contributed by atoms with Crippen molar-refractivity contribution < 1.29 is 14.3 Å². The van der Waals surface area contributed by atoms with E-state index in [0.29, 0.717) is 47.0 Å². The SMILES string of the molecule is Cc1csc(NC(=O)CN(CCN2CCOCC2)C(=O)c2ccc(Cl)c(Cl)c2)n1. The van der Waals surface area contributed by atoms with Crippen LogP contribution < -0.4 is 5.32 Å². The summed E-state index contributed by atoms with van der Waals surface area (Å²) in [5, 5.41) is 5.80. The lowest BCUT2D eigenvalue weighted by atomic mass is 10.2. The van der Waals surface area contributed by atoms with Gasteiger partial charge in [-0.3, -0.25) is 14.5 Å². The van der Waals surface area contributed by atoms with Gasteiger partial charge in [-0.25, -0.2) is 4.98 Å². The lowest BCUT2D eigenvalue weighted by Crippen LogP contribution is -2.45. The average Bonchev–Trinajstić information content (AvgIpc) is 3.12. The highest BCUT2D eigenvalue weighted by molar-refractivity contribution is 7.13. The largest absolute Gasteiger partial charge is 0.379 e. The number of benzene rings is 1. The number of hydrogen-bond acceptors (Lipinski definition) is 6. The van der Waals surface area contributed by atoms with Crippen LogP contribution in [0.1, 0.15) is 16.1 Å². The highest BCUT2D eigenvalue weighted by atomic mass is 35.5. The van der Waals surface area contributed by atoms with Crippen molar-refractivity contribution in [1.82, 2.24) is 14.8 Å². The van der Waals surface area contributed by atoms with E-state index in [4.69, 9.17) is 27.9 Å². The molecule has 1 aromatic carbocycles. The molecule has 29 heavy (non-hydrogen) atoms. The number of thiazole rings is 1. The first-order chi connectivity index (χ1) is 13.9. The molecule has 3 rings (SSSR count). The number of rotatable bonds is 7. The summed E-state index contributed by atoms with van der Waals surface area (Å²) >= 11 is 13.4. The van der Waals surface area contributed by atoms with Gasteiger partial charge < -0.3 is 15.0 Å². The number of halogens is 2. The van der Waals surface area contributed by atoms with E-state index in [-0.39, 0.29) is 18.4 Å². The van der Waals surface area contributed by atoms with E-state index in [2.05, 4.69) is 15.2 Å². The topological polar surface area (TPSA) is 74.8 Å². The molecule has 0 spiro atoms. The van der Waals surface area contributed by atoms with Crippen LogP contribution in [0, 0.1) is 6.92 Å². The molecule has 1 aliphatic rings. The number of carbonyl (C=O) groups is 2. The van der Waals surface area contributed by atoms with Crippen molar-refractivity contribution in [2.75, 3.05) is 51.3 Å². The molecule has 156 valence electrons. The molecule has 1 saturated heterocycles. The number of aromatic nitrogens is 1. The Hall–Kier alpha value is -1.71. The van der Waals surface area contributed by atoms with Gasteiger partial charge in [-0.2, -0.15) is 0 Å². The van der Waals surface area contributed by atoms with E-state index in [1.807, 2.05) is 12.3 Å². The highest BCUT2D eigenvalue weighted by Crippen LogP contribution is 2.23. The number of ether oxygens (including phenoxy) is 1. The van der Waals surface area contributed by atoms with Crippen LogP contribution in [0.2, 0.25) is 10.0 Å². The van der Waals surface area contributed by atoms with Crippen molar-refractivity contribution in [3.63, 3.8) is 0 Å². The Labute approximate surface area is 183 Å². The molecule has 2 amide bonds. The first-order valence-corrected chi connectivity index (χ1v) is 10.8. The maximum atomic E-state index is 13.1. The molecule has 2 heterocycles. The zero-order valence-electron chi connectivity index (χ0n) is 16.0. The molecule has 0 radical (unpaired) electrons. The number of morpholine rings is 1. The van der Waals surface area contributed by atoms with Crippen LogP contribution in [-0.2, 0) is 9.53 Å². The van der Waals surface area contributed by atoms with Crippen LogP contribution in [0.5, 0.6) is 0 Å². The van der Waals surface area contributed by atoms with Gasteiger partial charge in [0.1, 0.15) is 6.54 Å². The third-order valence-corrected chi connectivity index (χ3v) is 6.06. The van der Waals surface area contributed by atoms with Crippen molar-refractivity contribution in [3.8, 4) is 0 Å². The second kappa shape index (κ2) is 10.4. The van der Waals surface area contributed by atoms with Crippen molar-refractivity contribution >= 4 is 51.5 Å². The van der Waals surface area contributed by atoms with Crippen LogP contribution in [0.15, 0.2) is 23.6 Å². The summed E-state index contributed by atoms with van der Waals surface area (Å²) in [7, 11) is 0. The maximum absolute atomic E-state index is 13.1. The smallest absolute Gasteiger partial charge is 0.254 e. The van der Waals surface area contributed by atoms with Crippen LogP contribution in [0.4, 0.5) is 5.13 Å². The van der Waals surface area contributed by atoms with Crippen LogP contribution in [-0.4, -0.2) is 72.5 Å². The molecule has 10 heteroatoms. The van der Waals surface area contributed by atoms with Gasteiger partial charge >= 0.3 is 0 Å². The van der Waals surface area contributed by atoms with E-state index < -0.39 is 0 Å². The van der Waals surface area contributed by atoms with E-state index in [1.54, 1.807) is 12.1 Å². The fourth-order valence-corrected chi connectivity index (χ4v) is 3.90. The standard InChI is InChI=1S/C19H22Cl2N4O3S/c1-13-12-29-19(22-13)23-17(26)11-25(5-4-24-6-8-28-9-7-24)18(27)14-2-3-15(20)16(21)10-14/h2-3,10,12H,4-9,11H2,1H3,(H,22,23,26). The molecule has 1 N–H and O–H groups in total. The molecule has 0 unspecified atom stereocenters. The van der Waals surface area contributed by atoms with Crippen molar-refractivity contribution in [2.45, 2.75) is 6.92 Å². The van der Waals surface area contributed by atoms with Crippen LogP contribution >= 0.6 is 34.5 Å². The van der Waals surface area contributed by atoms with Gasteiger partial charge in [0.2, 0.25) is 5.91 Å². The molecule has 0 atom stereocenters. The predicted octanol–water partition coefficient (Wildman–Crippen LogP) is 3.17. The minimum Gasteiger partial charge on any atom is -0.379 e. The van der Waals surface area contributed by atoms with Gasteiger partial charge in [0.15, 0.2) is 5.13 Å². The molecule has 0 aliphatic carbocycles. The normalized spacial score (nSPS) is 14.6. The molecule has 0 saturated carbocycles. The fraction of sp³-hybridized carbons (Fsp3) is 0.421. The number of nitrogens with zero attached hydrogens (tertiary/aromatic N) is 3. The third-order valence-electron chi connectivity index (χ3n) is 4.44. The van der Waals surface area contributed by atoms with Crippen molar-refractivity contribution in [1.29, 1.82) is 0 Å². The molecule has 7 nitrogen and oxygen atoms in total. The van der Waals surface area contributed by atoms with Gasteiger partial charge in [-0.05, 0) is 25.1 Å². The number of carbonyl (C=O) groups excluding carboxylic acids is 2. The second-order valence-electron chi connectivity index (χ2n) is 6.65. The summed E-state index contributed by atoms with van der Waals surface area (Å²) in [5.41, 5.74) is 1.22. The minimum atomic E-state index is -0.297. The lowest BCUT2D eigenvalue weighted by Gasteiger charge is -2.30. The number of hydrogen-bond donors (Lipinski definition) is 1. The first kappa shape index (κ1) is 22.0. The van der Waals surface area contributed by atoms with Gasteiger partial charge in [0.25, 0.3) is 5.91 Å². The Balaban J connectivity index is 1.69. The number of anilines is 1. The van der Waals surface area contributed by atoms with Gasteiger partial charge in [-0.15, -0.1) is 11.3 Å². The number of amides is 2. The lowest BCUT2D eigenvalue weighted by molar-refractivity contribution is -0.117. The fourth-order valence-electron chi connectivity index (χ4n) is 2.89. The Morgan fingerprint density at radius 3 is 2.69 bits per heavy atom. The molecular formula is C19H22Cl2N4O3S. The second-order valence-corrected chi connectivity index (χ2v) is 8.32. The van der Waals surface area contributed by atoms with Crippen molar-refractivity contribution in [3.05, 3.63) is 44.9 Å². The summed E-state index contributed by atoms with van der Waals surface area (Å²) in [4.78, 5) is 33.5. The molecule has 2 aromatic rings. The van der Waals surface area contributed by atoms with Gasteiger partial charge in [0, 0.05) is 37.1 Å². The highest BCUT2D eigenvalue weighted by Gasteiger charge is 2.22. The average molecular weight is 457 g/mol. The minimum absolute atomic E-state index is 0.0813. The molecule has 1 aliphatic heterocycles. The summed E-state index contributed by atoms with van der Waals surface area (Å²) in [6.45, 7) is 5.79. The maximum Gasteiger partial charge on any atom is 0.254 e. The zero-order chi connectivity index (χ0) is 20.8. The predicted molar refractivity (Wildman–Crippen MR) is 115 cm³/mol. The van der Waals surface area contributed by atoms with E-state index >= 15 is 0 Å².